The Morgan fingerprint density at radius 1 is 1.00 bits per heavy atom. The van der Waals surface area contributed by atoms with Crippen molar-refractivity contribution in [3.8, 4) is 0 Å². The van der Waals surface area contributed by atoms with Crippen molar-refractivity contribution in [3.05, 3.63) is 77.0 Å². The van der Waals surface area contributed by atoms with Gasteiger partial charge in [0, 0.05) is 0 Å². The van der Waals surface area contributed by atoms with E-state index in [4.69, 9.17) is 0 Å². The third-order valence-electron chi connectivity index (χ3n) is 3.00. The molecule has 21 heavy (non-hydrogen) atoms. The van der Waals surface area contributed by atoms with E-state index in [9.17, 15) is 13.6 Å². The maximum absolute atomic E-state index is 13.7. The first-order valence-corrected chi connectivity index (χ1v) is 6.26. The molecule has 0 saturated heterocycles. The molecule has 1 aliphatic rings. The van der Waals surface area contributed by atoms with Gasteiger partial charge in [-0.05, 0) is 35.9 Å². The second-order valence-electron chi connectivity index (χ2n) is 4.48. The second-order valence-corrected chi connectivity index (χ2v) is 4.48. The number of nitrogens with zero attached hydrogens (tertiary/aromatic N) is 1. The van der Waals surface area contributed by atoms with E-state index in [-0.39, 0.29) is 22.9 Å². The molecule has 104 valence electrons. The quantitative estimate of drug-likeness (QED) is 0.846. The molecule has 1 heterocycles. The highest BCUT2D eigenvalue weighted by atomic mass is 19.1. The highest BCUT2D eigenvalue weighted by Gasteiger charge is 2.22. The van der Waals surface area contributed by atoms with Crippen LogP contribution in [0.5, 0.6) is 0 Å². The lowest BCUT2D eigenvalue weighted by Gasteiger charge is -2.00. The Bertz CT molecular complexity index is 764. The monoisotopic (exact) mass is 284 g/mol. The number of amidine groups is 1. The third-order valence-corrected chi connectivity index (χ3v) is 3.00. The molecule has 2 aromatic carbocycles. The second kappa shape index (κ2) is 5.28. The van der Waals surface area contributed by atoms with Gasteiger partial charge in [-0.3, -0.25) is 4.79 Å². The van der Waals surface area contributed by atoms with Crippen LogP contribution in [0.1, 0.15) is 11.1 Å². The van der Waals surface area contributed by atoms with E-state index in [0.717, 1.165) is 0 Å². The molecule has 0 aliphatic carbocycles. The van der Waals surface area contributed by atoms with Crippen molar-refractivity contribution < 1.29 is 13.6 Å². The summed E-state index contributed by atoms with van der Waals surface area (Å²) >= 11 is 0. The van der Waals surface area contributed by atoms with Crippen LogP contribution in [0.4, 0.5) is 8.78 Å². The fourth-order valence-corrected chi connectivity index (χ4v) is 1.97. The first-order chi connectivity index (χ1) is 10.1. The van der Waals surface area contributed by atoms with Crippen LogP contribution in [0.2, 0.25) is 0 Å². The minimum Gasteiger partial charge on any atom is -0.305 e. The van der Waals surface area contributed by atoms with Gasteiger partial charge in [0.2, 0.25) is 0 Å². The molecule has 5 heteroatoms. The highest BCUT2D eigenvalue weighted by molar-refractivity contribution is 6.19. The number of nitrogens with one attached hydrogen (secondary N) is 1. The van der Waals surface area contributed by atoms with E-state index in [2.05, 4.69) is 10.3 Å². The minimum atomic E-state index is -0.459. The molecule has 0 fully saturated rings. The van der Waals surface area contributed by atoms with Crippen molar-refractivity contribution in [1.82, 2.24) is 5.32 Å². The largest absolute Gasteiger partial charge is 0.305 e. The number of benzene rings is 2. The summed E-state index contributed by atoms with van der Waals surface area (Å²) in [5.74, 6) is -1.06. The van der Waals surface area contributed by atoms with Crippen LogP contribution in [0.25, 0.3) is 6.08 Å². The molecular weight excluding hydrogens is 274 g/mol. The third kappa shape index (κ3) is 2.72. The normalized spacial score (nSPS) is 16.0. The van der Waals surface area contributed by atoms with Gasteiger partial charge in [-0.2, -0.15) is 0 Å². The van der Waals surface area contributed by atoms with Crippen LogP contribution in [-0.4, -0.2) is 11.7 Å². The Morgan fingerprint density at radius 2 is 1.71 bits per heavy atom. The number of carbonyl (C=O) groups is 1. The van der Waals surface area contributed by atoms with E-state index in [1.807, 2.05) is 0 Å². The summed E-state index contributed by atoms with van der Waals surface area (Å²) in [6, 6.07) is 11.7. The van der Waals surface area contributed by atoms with Crippen LogP contribution in [0, 0.1) is 11.6 Å². The fraction of sp³-hybridized carbons (Fsp3) is 0. The zero-order valence-electron chi connectivity index (χ0n) is 10.8. The van der Waals surface area contributed by atoms with Crippen LogP contribution < -0.4 is 5.32 Å². The van der Waals surface area contributed by atoms with Crippen molar-refractivity contribution in [1.29, 1.82) is 0 Å². The molecule has 0 spiro atoms. The van der Waals surface area contributed by atoms with Crippen molar-refractivity contribution in [2.75, 3.05) is 0 Å². The first kappa shape index (κ1) is 13.2. The van der Waals surface area contributed by atoms with Crippen molar-refractivity contribution >= 4 is 17.8 Å². The number of hydrogen-bond acceptors (Lipinski definition) is 2. The van der Waals surface area contributed by atoms with E-state index in [0.29, 0.717) is 5.56 Å². The molecule has 3 rings (SSSR count). The predicted molar refractivity (Wildman–Crippen MR) is 75.5 cm³/mol. The van der Waals surface area contributed by atoms with Crippen molar-refractivity contribution in [3.63, 3.8) is 0 Å². The number of hydrogen-bond donors (Lipinski definition) is 1. The van der Waals surface area contributed by atoms with Crippen LogP contribution >= 0.6 is 0 Å². The Hall–Kier alpha value is -2.82. The summed E-state index contributed by atoms with van der Waals surface area (Å²) < 4.78 is 26.5. The van der Waals surface area contributed by atoms with Crippen molar-refractivity contribution in [2.45, 2.75) is 0 Å². The molecule has 0 unspecified atom stereocenters. The van der Waals surface area contributed by atoms with Crippen LogP contribution in [-0.2, 0) is 4.79 Å². The zero-order chi connectivity index (χ0) is 14.8. The van der Waals surface area contributed by atoms with Gasteiger partial charge in [-0.15, -0.1) is 0 Å². The maximum atomic E-state index is 13.7. The molecular formula is C16H10F2N2O. The van der Waals surface area contributed by atoms with Gasteiger partial charge in [0.1, 0.15) is 23.2 Å². The summed E-state index contributed by atoms with van der Waals surface area (Å²) in [5.41, 5.74) is 1.02. The lowest BCUT2D eigenvalue weighted by Crippen LogP contribution is -2.25. The van der Waals surface area contributed by atoms with Crippen LogP contribution in [0.15, 0.2) is 59.2 Å². The average molecular weight is 284 g/mol. The number of carbonyl (C=O) groups excluding carboxylic acids is 1. The van der Waals surface area contributed by atoms with E-state index >= 15 is 0 Å². The van der Waals surface area contributed by atoms with Crippen molar-refractivity contribution in [2.24, 2.45) is 4.99 Å². The average Bonchev–Trinajstić information content (AvgIpc) is 2.83. The number of amides is 1. The molecule has 0 saturated carbocycles. The van der Waals surface area contributed by atoms with E-state index in [1.165, 1.54) is 42.5 Å². The molecule has 2 aromatic rings. The maximum Gasteiger partial charge on any atom is 0.275 e. The topological polar surface area (TPSA) is 41.5 Å². The van der Waals surface area contributed by atoms with Gasteiger partial charge in [0.25, 0.3) is 5.91 Å². The predicted octanol–water partition coefficient (Wildman–Crippen LogP) is 2.88. The van der Waals surface area contributed by atoms with Gasteiger partial charge in [0.05, 0.1) is 5.56 Å². The number of rotatable bonds is 2. The fourth-order valence-electron chi connectivity index (χ4n) is 1.97. The zero-order valence-corrected chi connectivity index (χ0v) is 10.8. The minimum absolute atomic E-state index is 0.153. The van der Waals surface area contributed by atoms with Gasteiger partial charge >= 0.3 is 0 Å². The summed E-state index contributed by atoms with van der Waals surface area (Å²) in [7, 11) is 0. The molecule has 1 N–H and O–H groups in total. The smallest absolute Gasteiger partial charge is 0.275 e. The lowest BCUT2D eigenvalue weighted by atomic mass is 10.2. The summed E-state index contributed by atoms with van der Waals surface area (Å²) in [4.78, 5) is 16.0. The molecule has 0 atom stereocenters. The van der Waals surface area contributed by atoms with Gasteiger partial charge in [-0.1, -0.05) is 24.3 Å². The molecule has 1 amide bonds. The Labute approximate surface area is 119 Å². The molecule has 0 bridgehead atoms. The highest BCUT2D eigenvalue weighted by Crippen LogP contribution is 2.16. The lowest BCUT2D eigenvalue weighted by molar-refractivity contribution is -0.115. The van der Waals surface area contributed by atoms with Crippen LogP contribution in [0.3, 0.4) is 0 Å². The van der Waals surface area contributed by atoms with E-state index < -0.39 is 11.7 Å². The summed E-state index contributed by atoms with van der Waals surface area (Å²) in [6.45, 7) is 0. The summed E-state index contributed by atoms with van der Waals surface area (Å²) in [5, 5.41) is 2.52. The van der Waals surface area contributed by atoms with Gasteiger partial charge in [0.15, 0.2) is 0 Å². The molecule has 0 aromatic heterocycles. The molecule has 0 radical (unpaired) electrons. The van der Waals surface area contributed by atoms with Gasteiger partial charge < -0.3 is 5.32 Å². The summed E-state index contributed by atoms with van der Waals surface area (Å²) in [6.07, 6.45) is 1.52. The van der Waals surface area contributed by atoms with Gasteiger partial charge in [-0.25, -0.2) is 13.8 Å². The Balaban J connectivity index is 1.96. The number of halogens is 2. The SMILES string of the molecule is O=C1NC(c2ccccc2F)=N/C1=C/c1ccc(F)cc1. The first-order valence-electron chi connectivity index (χ1n) is 6.26. The molecule has 3 nitrogen and oxygen atoms in total. The number of aliphatic imine (C=N–C) groups is 1. The molecule has 1 aliphatic heterocycles. The van der Waals surface area contributed by atoms with E-state index in [1.54, 1.807) is 12.1 Å². The standard InChI is InChI=1S/C16H10F2N2O/c17-11-7-5-10(6-8-11)9-14-16(21)20-15(19-14)12-3-1-2-4-13(12)18/h1-9H,(H,19,20,21)/b14-9+. The Morgan fingerprint density at radius 3 is 2.43 bits per heavy atom. The Kier molecular flexibility index (Phi) is 3.31.